The number of sulfone groups is 1. The molecule has 12 nitrogen and oxygen atoms in total. The Morgan fingerprint density at radius 3 is 0.959 bits per heavy atom. The molecular weight excluding hydrogens is 1310 g/mol. The Balaban J connectivity index is 0.000000158. The van der Waals surface area contributed by atoms with Gasteiger partial charge in [-0.2, -0.15) is 0 Å². The van der Waals surface area contributed by atoms with Crippen LogP contribution < -0.4 is 16.0 Å². The highest BCUT2D eigenvalue weighted by atomic mass is 79.9. The number of para-hydroxylation sites is 3. The monoisotopic (exact) mass is 1390 g/mol. The lowest BCUT2D eigenvalue weighted by atomic mass is 9.94. The Morgan fingerprint density at radius 1 is 0.402 bits per heavy atom. The zero-order valence-electron chi connectivity index (χ0n) is 55.1. The molecule has 4 atom stereocenters. The van der Waals surface area contributed by atoms with Crippen LogP contribution in [0, 0.1) is 0 Å². The van der Waals surface area contributed by atoms with Crippen molar-refractivity contribution < 1.29 is 27.0 Å². The molecule has 0 aliphatic carbocycles. The van der Waals surface area contributed by atoms with Gasteiger partial charge in [0.25, 0.3) is 17.7 Å². The average molecular weight is 1390 g/mol. The van der Waals surface area contributed by atoms with Crippen molar-refractivity contribution in [1.82, 2.24) is 30.9 Å². The van der Waals surface area contributed by atoms with Crippen LogP contribution in [0.2, 0.25) is 0 Å². The van der Waals surface area contributed by atoms with Crippen LogP contribution >= 0.6 is 15.9 Å². The molecule has 0 radical (unpaired) electrons. The summed E-state index contributed by atoms with van der Waals surface area (Å²) >= 11 is 3.62. The first kappa shape index (κ1) is 70.0. The van der Waals surface area contributed by atoms with Gasteiger partial charge in [-0.25, -0.2) is 23.4 Å². The molecular formula is C82H79BrN6O6S2. The molecule has 492 valence electrons. The van der Waals surface area contributed by atoms with Gasteiger partial charge in [-0.3, -0.25) is 18.6 Å². The number of benzene rings is 9. The molecule has 0 aliphatic rings. The molecule has 97 heavy (non-hydrogen) atoms. The zero-order chi connectivity index (χ0) is 68.3. The number of carbonyl (C=O) groups is 3. The number of aromatic nitrogens is 3. The number of fused-ring (bicyclic) bond motifs is 3. The summed E-state index contributed by atoms with van der Waals surface area (Å²) in [6.07, 6.45) is 5.93. The van der Waals surface area contributed by atoms with Gasteiger partial charge in [0, 0.05) is 72.8 Å². The van der Waals surface area contributed by atoms with Crippen LogP contribution in [0.5, 0.6) is 0 Å². The van der Waals surface area contributed by atoms with Gasteiger partial charge in [0.2, 0.25) is 0 Å². The number of carbonyl (C=O) groups excluding carboxylic acids is 3. The zero-order valence-corrected chi connectivity index (χ0v) is 58.3. The van der Waals surface area contributed by atoms with Crippen LogP contribution in [-0.4, -0.2) is 69.3 Å². The van der Waals surface area contributed by atoms with Crippen molar-refractivity contribution in [2.45, 2.75) is 76.3 Å². The Bertz CT molecular complexity index is 4800. The highest BCUT2D eigenvalue weighted by Crippen LogP contribution is 2.36. The summed E-state index contributed by atoms with van der Waals surface area (Å²) in [5, 5.41) is 12.6. The number of alkyl halides is 1. The quantitative estimate of drug-likeness (QED) is 0.0557. The van der Waals surface area contributed by atoms with Crippen LogP contribution in [0.1, 0.15) is 123 Å². The fourth-order valence-electron chi connectivity index (χ4n) is 12.2. The molecule has 12 aromatic rings. The number of hydrogen-bond donors (Lipinski definition) is 3. The summed E-state index contributed by atoms with van der Waals surface area (Å²) in [7, 11) is -4.23. The number of pyridine rings is 3. The molecule has 12 rings (SSSR count). The minimum Gasteiger partial charge on any atom is -0.345 e. The van der Waals surface area contributed by atoms with Gasteiger partial charge in [0.15, 0.2) is 0 Å². The molecule has 0 aliphatic heterocycles. The van der Waals surface area contributed by atoms with Gasteiger partial charge in [-0.15, -0.1) is 0 Å². The van der Waals surface area contributed by atoms with Crippen LogP contribution in [0.15, 0.2) is 255 Å². The Kier molecular flexibility index (Phi) is 24.3. The smallest absolute Gasteiger partial charge is 0.252 e. The van der Waals surface area contributed by atoms with Crippen molar-refractivity contribution >= 4 is 87.0 Å². The lowest BCUT2D eigenvalue weighted by Gasteiger charge is -2.21. The SMILES string of the molecule is CC[C@H](NC(=O)c1c(CBr)c(-c2ccccc2)nc2ccccc12)c1ccccc1.CC[C@H](NC(=O)c1c(CCS(C)(=O)=O)c(-c2ccccc2)nc2ccccc12)c1ccccc1.CC[C@H](NC(=O)c1c(CCS(C)=O)c(-c2ccccc2)nc2ccccc12)c1ccccc1. The van der Waals surface area contributed by atoms with Crippen LogP contribution in [-0.2, 0) is 38.8 Å². The lowest BCUT2D eigenvalue weighted by Crippen LogP contribution is -2.30. The highest BCUT2D eigenvalue weighted by molar-refractivity contribution is 9.08. The van der Waals surface area contributed by atoms with E-state index in [0.29, 0.717) is 56.4 Å². The van der Waals surface area contributed by atoms with Crippen LogP contribution in [0.4, 0.5) is 0 Å². The minimum atomic E-state index is -3.25. The van der Waals surface area contributed by atoms with Crippen molar-refractivity contribution in [1.29, 1.82) is 0 Å². The van der Waals surface area contributed by atoms with Gasteiger partial charge >= 0.3 is 0 Å². The topological polar surface area (TPSA) is 177 Å². The van der Waals surface area contributed by atoms with Crippen molar-refractivity contribution in [2.24, 2.45) is 0 Å². The Morgan fingerprint density at radius 2 is 0.670 bits per heavy atom. The maximum atomic E-state index is 13.8. The molecule has 3 N–H and O–H groups in total. The molecule has 0 fully saturated rings. The van der Waals surface area contributed by atoms with Crippen molar-refractivity contribution in [3.8, 4) is 33.8 Å². The van der Waals surface area contributed by atoms with E-state index in [1.54, 1.807) is 6.26 Å². The lowest BCUT2D eigenvalue weighted by molar-refractivity contribution is 0.0928. The van der Waals surface area contributed by atoms with Gasteiger partial charge in [0.05, 0.1) is 74.2 Å². The predicted molar refractivity (Wildman–Crippen MR) is 401 cm³/mol. The van der Waals surface area contributed by atoms with E-state index in [4.69, 9.17) is 15.0 Å². The van der Waals surface area contributed by atoms with Crippen molar-refractivity contribution in [3.63, 3.8) is 0 Å². The highest BCUT2D eigenvalue weighted by Gasteiger charge is 2.28. The second kappa shape index (κ2) is 33.7. The Labute approximate surface area is 580 Å². The summed E-state index contributed by atoms with van der Waals surface area (Å²) in [5.41, 5.74) is 14.7. The third-order valence-electron chi connectivity index (χ3n) is 17.0. The van der Waals surface area contributed by atoms with E-state index in [1.807, 2.05) is 250 Å². The number of rotatable bonds is 22. The fraction of sp³-hybridized carbons (Fsp3) is 0.195. The van der Waals surface area contributed by atoms with E-state index < -0.39 is 20.6 Å². The molecule has 0 bridgehead atoms. The maximum Gasteiger partial charge on any atom is 0.252 e. The summed E-state index contributed by atoms with van der Waals surface area (Å²) in [6.45, 7) is 6.19. The van der Waals surface area contributed by atoms with Crippen LogP contribution in [0.25, 0.3) is 66.5 Å². The standard InChI is InChI=1S/C28H28N2O3S.C28H28N2O2S.C26H23BrN2O/c1-3-24(20-12-6-4-7-13-20)30-28(31)26-22-16-10-11-17-25(22)29-27(21-14-8-5-9-15-21)23(26)18-19-34(2,32)33;1-3-24(20-12-6-4-7-13-20)30-28(31)26-22-16-10-11-17-25(22)29-27(21-14-8-5-9-15-21)23(26)18-19-33(2)32;1-2-22(18-11-5-3-6-12-18)29-26(30)24-20-15-9-10-16-23(20)28-25(21(24)17-27)19-13-7-4-8-14-19/h4-17,24H,3,18-19H2,1-2H3,(H,30,31);4-17,24H,3,18-19H2,1-2H3,(H,30,31);3-16,22H,2,17H2,1H3,(H,29,30)/t24-;24-,33?;22-/m000/s1. The second-order valence-electron chi connectivity index (χ2n) is 23.7. The maximum absolute atomic E-state index is 13.8. The number of hydrogen-bond acceptors (Lipinski definition) is 9. The number of halogens is 1. The molecule has 3 amide bonds. The first-order valence-corrected chi connectivity index (χ1v) is 37.6. The average Bonchev–Trinajstić information content (AvgIpc) is 2.33. The molecule has 1 unspecified atom stereocenters. The second-order valence-corrected chi connectivity index (χ2v) is 28.0. The first-order valence-electron chi connectivity index (χ1n) is 32.7. The van der Waals surface area contributed by atoms with E-state index in [9.17, 15) is 27.0 Å². The van der Waals surface area contributed by atoms with E-state index in [2.05, 4.69) is 57.9 Å². The van der Waals surface area contributed by atoms with E-state index in [1.165, 1.54) is 6.26 Å². The largest absolute Gasteiger partial charge is 0.345 e. The normalized spacial score (nSPS) is 12.4. The molecule has 0 spiro atoms. The molecule has 3 heterocycles. The van der Waals surface area contributed by atoms with Crippen molar-refractivity contribution in [3.05, 3.63) is 305 Å². The molecule has 15 heteroatoms. The van der Waals surface area contributed by atoms with Gasteiger partial charge in [0.1, 0.15) is 9.84 Å². The molecule has 3 aromatic heterocycles. The van der Waals surface area contributed by atoms with E-state index >= 15 is 0 Å². The van der Waals surface area contributed by atoms with Gasteiger partial charge in [-0.05, 0) is 78.1 Å². The summed E-state index contributed by atoms with van der Waals surface area (Å²) in [4.78, 5) is 56.0. The summed E-state index contributed by atoms with van der Waals surface area (Å²) in [6, 6.07) is 82.3. The van der Waals surface area contributed by atoms with E-state index in [0.717, 1.165) is 97.0 Å². The van der Waals surface area contributed by atoms with Crippen molar-refractivity contribution in [2.75, 3.05) is 24.0 Å². The summed E-state index contributed by atoms with van der Waals surface area (Å²) < 4.78 is 36.2. The molecule has 0 saturated heterocycles. The molecule has 9 aromatic carbocycles. The third kappa shape index (κ3) is 17.6. The third-order valence-corrected chi connectivity index (χ3v) is 19.3. The molecule has 0 saturated carbocycles. The fourth-order valence-corrected chi connectivity index (χ4v) is 13.8. The first-order chi connectivity index (χ1) is 47.2. The van der Waals surface area contributed by atoms with E-state index in [-0.39, 0.29) is 48.0 Å². The Hall–Kier alpha value is -9.80. The number of amides is 3. The number of nitrogens with one attached hydrogen (secondary N) is 3. The summed E-state index contributed by atoms with van der Waals surface area (Å²) in [5.74, 6) is -0.0247. The predicted octanol–water partition coefficient (Wildman–Crippen LogP) is 17.8. The van der Waals surface area contributed by atoms with Gasteiger partial charge < -0.3 is 16.0 Å². The van der Waals surface area contributed by atoms with Gasteiger partial charge in [-0.1, -0.05) is 273 Å². The van der Waals surface area contributed by atoms with Crippen LogP contribution in [0.3, 0.4) is 0 Å². The minimum absolute atomic E-state index is 0.0472. The number of nitrogens with zero attached hydrogens (tertiary/aromatic N) is 3.